The Bertz CT molecular complexity index is 1040. The highest BCUT2D eigenvalue weighted by atomic mass is 16.7. The zero-order chi connectivity index (χ0) is 19.8. The normalized spacial score (nSPS) is 21.4. The van der Waals surface area contributed by atoms with E-state index in [2.05, 4.69) is 20.3 Å². The molecule has 1 saturated carbocycles. The molecule has 2 aliphatic rings. The predicted molar refractivity (Wildman–Crippen MR) is 103 cm³/mol. The molecule has 1 aliphatic carbocycles. The van der Waals surface area contributed by atoms with Crippen molar-refractivity contribution in [3.8, 4) is 0 Å². The number of nitrogens with zero attached hydrogens (tertiary/aromatic N) is 4. The molecule has 2 aromatic heterocycles. The van der Waals surface area contributed by atoms with Gasteiger partial charge in [-0.05, 0) is 25.0 Å². The maximum absolute atomic E-state index is 12.1. The minimum atomic E-state index is -0.673. The van der Waals surface area contributed by atoms with Crippen molar-refractivity contribution in [1.82, 2.24) is 19.5 Å². The number of imidazole rings is 1. The van der Waals surface area contributed by atoms with Crippen LogP contribution in [0.3, 0.4) is 0 Å². The Balaban J connectivity index is 1.27. The van der Waals surface area contributed by atoms with Gasteiger partial charge in [0.15, 0.2) is 29.5 Å². The zero-order valence-corrected chi connectivity index (χ0v) is 15.5. The van der Waals surface area contributed by atoms with Crippen molar-refractivity contribution in [2.24, 2.45) is 0 Å². The number of nitrogens with one attached hydrogen (secondary N) is 1. The van der Waals surface area contributed by atoms with Gasteiger partial charge >= 0.3 is 5.97 Å². The quantitative estimate of drug-likeness (QED) is 0.599. The van der Waals surface area contributed by atoms with Crippen LogP contribution in [-0.4, -0.2) is 51.0 Å². The summed E-state index contributed by atoms with van der Waals surface area (Å²) >= 11 is 0. The molecular formula is C19H20N6O4. The second-order valence-electron chi connectivity index (χ2n) is 6.99. The Morgan fingerprint density at radius 2 is 2.10 bits per heavy atom. The summed E-state index contributed by atoms with van der Waals surface area (Å²) in [5, 5.41) is 3.32. The average Bonchev–Trinajstić information content (AvgIpc) is 3.25. The maximum atomic E-state index is 12.1. The second-order valence-corrected chi connectivity index (χ2v) is 6.99. The third-order valence-electron chi connectivity index (χ3n) is 4.76. The number of rotatable bonds is 6. The molecule has 0 bridgehead atoms. The summed E-state index contributed by atoms with van der Waals surface area (Å²) in [4.78, 5) is 25.1. The number of aromatic nitrogens is 4. The first-order valence-electron chi connectivity index (χ1n) is 9.43. The summed E-state index contributed by atoms with van der Waals surface area (Å²) < 4.78 is 18.5. The molecule has 5 rings (SSSR count). The monoisotopic (exact) mass is 396 g/mol. The molecule has 3 heterocycles. The summed E-state index contributed by atoms with van der Waals surface area (Å²) in [5.41, 5.74) is 7.55. The topological polar surface area (TPSA) is 126 Å². The number of nitrogens with two attached hydrogens (primary N) is 1. The lowest BCUT2D eigenvalue weighted by Crippen LogP contribution is -2.20. The van der Waals surface area contributed by atoms with E-state index in [1.807, 2.05) is 6.07 Å². The molecule has 0 spiro atoms. The molecule has 0 unspecified atom stereocenters. The number of esters is 1. The van der Waals surface area contributed by atoms with Crippen LogP contribution in [-0.2, 0) is 14.2 Å². The molecule has 2 atom stereocenters. The molecule has 1 aromatic carbocycles. The van der Waals surface area contributed by atoms with Crippen molar-refractivity contribution < 1.29 is 19.0 Å². The van der Waals surface area contributed by atoms with E-state index in [0.717, 1.165) is 12.8 Å². The first kappa shape index (κ1) is 17.8. The Kier molecular flexibility index (Phi) is 4.49. The lowest BCUT2D eigenvalue weighted by atomic mass is 10.2. The highest BCUT2D eigenvalue weighted by Gasteiger charge is 2.31. The average molecular weight is 396 g/mol. The van der Waals surface area contributed by atoms with Crippen LogP contribution in [0.1, 0.15) is 29.4 Å². The number of anilines is 2. The number of ether oxygens (including phenoxy) is 3. The number of nitrogen functional groups attached to an aromatic ring is 1. The molecule has 1 aliphatic heterocycles. The third-order valence-corrected chi connectivity index (χ3v) is 4.76. The van der Waals surface area contributed by atoms with E-state index in [1.165, 1.54) is 0 Å². The molecule has 0 radical (unpaired) electrons. The minimum Gasteiger partial charge on any atom is -0.457 e. The van der Waals surface area contributed by atoms with E-state index >= 15 is 0 Å². The van der Waals surface area contributed by atoms with Crippen LogP contribution in [0.25, 0.3) is 11.2 Å². The van der Waals surface area contributed by atoms with Gasteiger partial charge in [0, 0.05) is 6.04 Å². The van der Waals surface area contributed by atoms with Crippen LogP contribution in [0.2, 0.25) is 0 Å². The number of carbonyl (C=O) groups is 1. The van der Waals surface area contributed by atoms with E-state index in [1.54, 1.807) is 35.2 Å². The van der Waals surface area contributed by atoms with Crippen molar-refractivity contribution in [2.75, 3.05) is 24.3 Å². The zero-order valence-electron chi connectivity index (χ0n) is 15.5. The van der Waals surface area contributed by atoms with Gasteiger partial charge < -0.3 is 25.3 Å². The van der Waals surface area contributed by atoms with E-state index < -0.39 is 18.5 Å². The number of benzene rings is 1. The van der Waals surface area contributed by atoms with Crippen LogP contribution >= 0.6 is 0 Å². The van der Waals surface area contributed by atoms with Gasteiger partial charge in [-0.25, -0.2) is 9.78 Å². The highest BCUT2D eigenvalue weighted by Crippen LogP contribution is 2.30. The van der Waals surface area contributed by atoms with Crippen LogP contribution in [0.4, 0.5) is 11.8 Å². The van der Waals surface area contributed by atoms with Crippen molar-refractivity contribution in [1.29, 1.82) is 0 Å². The molecular weight excluding hydrogens is 376 g/mol. The maximum Gasteiger partial charge on any atom is 0.338 e. The van der Waals surface area contributed by atoms with Gasteiger partial charge in [-0.2, -0.15) is 9.97 Å². The Morgan fingerprint density at radius 3 is 2.90 bits per heavy atom. The fraction of sp³-hybridized carbons (Fsp3) is 0.368. The lowest BCUT2D eigenvalue weighted by Gasteiger charge is -2.13. The summed E-state index contributed by atoms with van der Waals surface area (Å²) in [5.74, 6) is 0.362. The van der Waals surface area contributed by atoms with Crippen LogP contribution in [0.5, 0.6) is 0 Å². The molecule has 10 nitrogen and oxygen atoms in total. The SMILES string of the molecule is Nc1nc(NC2CC2)c2ncn([C@@H]3CO[C@@H](COC(=O)c4ccccc4)O3)c2n1. The molecule has 2 fully saturated rings. The number of fused-ring (bicyclic) bond motifs is 1. The minimum absolute atomic E-state index is 0.0114. The van der Waals surface area contributed by atoms with Crippen molar-refractivity contribution in [3.63, 3.8) is 0 Å². The standard InChI is InChI=1S/C19H20N6O4/c20-19-23-16(22-12-6-7-12)15-17(24-19)25(10-21-15)13-8-27-14(29-13)9-28-18(26)11-4-2-1-3-5-11/h1-5,10,12-14H,6-9H2,(H3,20,22,23,24)/t13-,14+/m0/s1. The smallest absolute Gasteiger partial charge is 0.338 e. The lowest BCUT2D eigenvalue weighted by molar-refractivity contribution is -0.102. The Labute approximate surface area is 166 Å². The van der Waals surface area contributed by atoms with Gasteiger partial charge in [0.1, 0.15) is 6.61 Å². The summed E-state index contributed by atoms with van der Waals surface area (Å²) in [6.07, 6.45) is 2.71. The fourth-order valence-electron chi connectivity index (χ4n) is 3.14. The van der Waals surface area contributed by atoms with Gasteiger partial charge in [0.05, 0.1) is 18.5 Å². The molecule has 1 saturated heterocycles. The van der Waals surface area contributed by atoms with Gasteiger partial charge in [0.2, 0.25) is 5.95 Å². The van der Waals surface area contributed by atoms with E-state index in [0.29, 0.717) is 28.6 Å². The molecule has 3 N–H and O–H groups in total. The van der Waals surface area contributed by atoms with Crippen LogP contribution in [0, 0.1) is 0 Å². The summed E-state index contributed by atoms with van der Waals surface area (Å²) in [6, 6.07) is 9.18. The number of hydrogen-bond acceptors (Lipinski definition) is 9. The largest absolute Gasteiger partial charge is 0.457 e. The third kappa shape index (κ3) is 3.71. The van der Waals surface area contributed by atoms with Gasteiger partial charge in [-0.15, -0.1) is 0 Å². The molecule has 0 amide bonds. The van der Waals surface area contributed by atoms with Crippen LogP contribution in [0.15, 0.2) is 36.7 Å². The summed E-state index contributed by atoms with van der Waals surface area (Å²) in [6.45, 7) is 0.261. The van der Waals surface area contributed by atoms with Gasteiger partial charge in [-0.3, -0.25) is 4.57 Å². The summed E-state index contributed by atoms with van der Waals surface area (Å²) in [7, 11) is 0. The molecule has 150 valence electrons. The molecule has 29 heavy (non-hydrogen) atoms. The fourth-order valence-corrected chi connectivity index (χ4v) is 3.14. The second kappa shape index (κ2) is 7.30. The van der Waals surface area contributed by atoms with Crippen LogP contribution < -0.4 is 11.1 Å². The predicted octanol–water partition coefficient (Wildman–Crippen LogP) is 1.71. The van der Waals surface area contributed by atoms with Gasteiger partial charge in [-0.1, -0.05) is 18.2 Å². The first-order chi connectivity index (χ1) is 14.2. The van der Waals surface area contributed by atoms with E-state index in [-0.39, 0.29) is 19.2 Å². The van der Waals surface area contributed by atoms with Crippen molar-refractivity contribution in [2.45, 2.75) is 31.4 Å². The van der Waals surface area contributed by atoms with Crippen molar-refractivity contribution >= 4 is 28.9 Å². The number of carbonyl (C=O) groups excluding carboxylic acids is 1. The molecule has 3 aromatic rings. The van der Waals surface area contributed by atoms with Gasteiger partial charge in [0.25, 0.3) is 0 Å². The highest BCUT2D eigenvalue weighted by molar-refractivity contribution is 5.89. The molecule has 10 heteroatoms. The Morgan fingerprint density at radius 1 is 1.28 bits per heavy atom. The Hall–Kier alpha value is -3.24. The van der Waals surface area contributed by atoms with E-state index in [4.69, 9.17) is 19.9 Å². The number of hydrogen-bond donors (Lipinski definition) is 2. The van der Waals surface area contributed by atoms with Crippen molar-refractivity contribution in [3.05, 3.63) is 42.2 Å². The van der Waals surface area contributed by atoms with E-state index in [9.17, 15) is 4.79 Å². The first-order valence-corrected chi connectivity index (χ1v) is 9.43.